The van der Waals surface area contributed by atoms with E-state index in [4.69, 9.17) is 4.74 Å². The lowest BCUT2D eigenvalue weighted by Gasteiger charge is -2.24. The summed E-state index contributed by atoms with van der Waals surface area (Å²) in [6.45, 7) is 0.706. The largest absolute Gasteiger partial charge is 0.435 e. The molecule has 1 aliphatic rings. The maximum Gasteiger partial charge on any atom is 0.387 e. The molecule has 22 heavy (non-hydrogen) atoms. The Kier molecular flexibility index (Phi) is 7.50. The molecule has 2 rings (SSSR count). The fourth-order valence-electron chi connectivity index (χ4n) is 2.06. The number of alkyl halides is 2. The zero-order chi connectivity index (χ0) is 15.2. The van der Waals surface area contributed by atoms with Crippen LogP contribution in [0.25, 0.3) is 0 Å². The second kappa shape index (κ2) is 8.87. The Morgan fingerprint density at radius 3 is 2.64 bits per heavy atom. The average molecular weight is 337 g/mol. The Bertz CT molecular complexity index is 468. The Morgan fingerprint density at radius 2 is 2.09 bits per heavy atom. The van der Waals surface area contributed by atoms with Gasteiger partial charge in [0, 0.05) is 13.1 Å². The van der Waals surface area contributed by atoms with E-state index in [1.807, 2.05) is 6.92 Å². The van der Waals surface area contributed by atoms with E-state index in [-0.39, 0.29) is 30.1 Å². The zero-order valence-electron chi connectivity index (χ0n) is 12.1. The molecule has 1 amide bonds. The van der Waals surface area contributed by atoms with Crippen LogP contribution < -0.4 is 15.4 Å². The first-order chi connectivity index (χ1) is 10.1. The minimum Gasteiger partial charge on any atom is -0.435 e. The second-order valence-corrected chi connectivity index (χ2v) is 4.74. The number of halogens is 3. The van der Waals surface area contributed by atoms with Crippen LogP contribution in [-0.2, 0) is 9.53 Å². The molecule has 0 spiro atoms. The van der Waals surface area contributed by atoms with Gasteiger partial charge in [0.1, 0.15) is 11.9 Å². The highest BCUT2D eigenvalue weighted by molar-refractivity contribution is 5.85. The van der Waals surface area contributed by atoms with Crippen LogP contribution in [0.3, 0.4) is 0 Å². The van der Waals surface area contributed by atoms with Gasteiger partial charge in [-0.05, 0) is 24.6 Å². The number of ether oxygens (including phenoxy) is 2. The van der Waals surface area contributed by atoms with Gasteiger partial charge < -0.3 is 20.1 Å². The summed E-state index contributed by atoms with van der Waals surface area (Å²) in [5.41, 5.74) is 0.800. The van der Waals surface area contributed by atoms with Crippen LogP contribution in [-0.4, -0.2) is 38.3 Å². The topological polar surface area (TPSA) is 59.6 Å². The number of hydrogen-bond donors (Lipinski definition) is 2. The molecule has 8 heteroatoms. The predicted octanol–water partition coefficient (Wildman–Crippen LogP) is 1.88. The van der Waals surface area contributed by atoms with Crippen molar-refractivity contribution in [3.8, 4) is 5.75 Å². The molecule has 0 aliphatic carbocycles. The first kappa shape index (κ1) is 18.6. The van der Waals surface area contributed by atoms with Gasteiger partial charge in [-0.25, -0.2) is 0 Å². The molecule has 2 unspecified atom stereocenters. The second-order valence-electron chi connectivity index (χ2n) is 4.74. The van der Waals surface area contributed by atoms with Gasteiger partial charge >= 0.3 is 6.61 Å². The summed E-state index contributed by atoms with van der Waals surface area (Å²) < 4.78 is 33.8. The lowest BCUT2D eigenvalue weighted by atomic mass is 10.1. The number of carbonyl (C=O) groups is 1. The summed E-state index contributed by atoms with van der Waals surface area (Å²) in [5, 5.41) is 5.91. The number of nitrogens with one attached hydrogen (secondary N) is 2. The first-order valence-corrected chi connectivity index (χ1v) is 6.73. The Labute approximate surface area is 133 Å². The molecule has 1 fully saturated rings. The SMILES string of the molecule is CC(NC(=O)C1CNCCO1)c1ccc(OC(F)F)cc1.Cl. The zero-order valence-corrected chi connectivity index (χ0v) is 12.9. The normalized spacial score (nSPS) is 19.2. The Balaban J connectivity index is 0.00000242. The molecule has 1 saturated heterocycles. The van der Waals surface area contributed by atoms with E-state index in [9.17, 15) is 13.6 Å². The average Bonchev–Trinajstić information content (AvgIpc) is 2.48. The van der Waals surface area contributed by atoms with E-state index in [0.717, 1.165) is 12.1 Å². The van der Waals surface area contributed by atoms with Crippen molar-refractivity contribution in [2.75, 3.05) is 19.7 Å². The summed E-state index contributed by atoms with van der Waals surface area (Å²) >= 11 is 0. The van der Waals surface area contributed by atoms with Crippen molar-refractivity contribution in [1.82, 2.24) is 10.6 Å². The van der Waals surface area contributed by atoms with Crippen molar-refractivity contribution in [2.45, 2.75) is 25.7 Å². The van der Waals surface area contributed by atoms with Crippen molar-refractivity contribution in [2.24, 2.45) is 0 Å². The number of amides is 1. The van der Waals surface area contributed by atoms with Crippen LogP contribution in [0, 0.1) is 0 Å². The van der Waals surface area contributed by atoms with Gasteiger partial charge in [0.2, 0.25) is 0 Å². The van der Waals surface area contributed by atoms with Gasteiger partial charge in [-0.15, -0.1) is 12.4 Å². The lowest BCUT2D eigenvalue weighted by Crippen LogP contribution is -2.48. The predicted molar refractivity (Wildman–Crippen MR) is 79.5 cm³/mol. The minimum absolute atomic E-state index is 0. The van der Waals surface area contributed by atoms with E-state index in [1.165, 1.54) is 12.1 Å². The van der Waals surface area contributed by atoms with Crippen molar-refractivity contribution in [3.63, 3.8) is 0 Å². The third kappa shape index (κ3) is 5.40. The van der Waals surface area contributed by atoms with E-state index in [0.29, 0.717) is 13.2 Å². The van der Waals surface area contributed by atoms with Gasteiger partial charge in [-0.3, -0.25) is 4.79 Å². The standard InChI is InChI=1S/C14H18F2N2O3.ClH/c1-9(18-13(19)12-8-17-6-7-20-12)10-2-4-11(5-3-10)21-14(15)16;/h2-5,9,12,14,17H,6-8H2,1H3,(H,18,19);1H. The highest BCUT2D eigenvalue weighted by Gasteiger charge is 2.23. The molecule has 0 saturated carbocycles. The number of carbonyl (C=O) groups excluding carboxylic acids is 1. The fraction of sp³-hybridized carbons (Fsp3) is 0.500. The Hall–Kier alpha value is -1.44. The maximum atomic E-state index is 12.1. The first-order valence-electron chi connectivity index (χ1n) is 6.73. The quantitative estimate of drug-likeness (QED) is 0.862. The molecule has 1 aliphatic heterocycles. The third-order valence-corrected chi connectivity index (χ3v) is 3.18. The van der Waals surface area contributed by atoms with Crippen molar-refractivity contribution < 1.29 is 23.0 Å². The number of benzene rings is 1. The van der Waals surface area contributed by atoms with Crippen LogP contribution in [0.15, 0.2) is 24.3 Å². The number of rotatable bonds is 5. The molecule has 2 atom stereocenters. The van der Waals surface area contributed by atoms with Crippen molar-refractivity contribution in [1.29, 1.82) is 0 Å². The molecule has 0 radical (unpaired) electrons. The molecule has 1 aromatic carbocycles. The Morgan fingerprint density at radius 1 is 1.41 bits per heavy atom. The van der Waals surface area contributed by atoms with Crippen LogP contribution in [0.4, 0.5) is 8.78 Å². The molecule has 124 valence electrons. The van der Waals surface area contributed by atoms with Gasteiger partial charge in [0.25, 0.3) is 5.91 Å². The molecular formula is C14H19ClF2N2O3. The van der Waals surface area contributed by atoms with Gasteiger partial charge in [-0.2, -0.15) is 8.78 Å². The lowest BCUT2D eigenvalue weighted by molar-refractivity contribution is -0.134. The van der Waals surface area contributed by atoms with Crippen molar-refractivity contribution in [3.05, 3.63) is 29.8 Å². The van der Waals surface area contributed by atoms with Crippen LogP contribution in [0.5, 0.6) is 5.75 Å². The molecule has 0 bridgehead atoms. The van der Waals surface area contributed by atoms with Crippen molar-refractivity contribution >= 4 is 18.3 Å². The monoisotopic (exact) mass is 336 g/mol. The smallest absolute Gasteiger partial charge is 0.387 e. The summed E-state index contributed by atoms with van der Waals surface area (Å²) in [5.74, 6) is -0.102. The molecule has 0 aromatic heterocycles. The highest BCUT2D eigenvalue weighted by atomic mass is 35.5. The van der Waals surface area contributed by atoms with Crippen LogP contribution in [0.1, 0.15) is 18.5 Å². The van der Waals surface area contributed by atoms with E-state index < -0.39 is 12.7 Å². The van der Waals surface area contributed by atoms with E-state index in [1.54, 1.807) is 12.1 Å². The summed E-state index contributed by atoms with van der Waals surface area (Å²) in [7, 11) is 0. The summed E-state index contributed by atoms with van der Waals surface area (Å²) in [4.78, 5) is 12.0. The number of morpholine rings is 1. The maximum absolute atomic E-state index is 12.1. The fourth-order valence-corrected chi connectivity index (χ4v) is 2.06. The van der Waals surface area contributed by atoms with Crippen LogP contribution >= 0.6 is 12.4 Å². The highest BCUT2D eigenvalue weighted by Crippen LogP contribution is 2.19. The number of hydrogen-bond acceptors (Lipinski definition) is 4. The minimum atomic E-state index is -2.84. The van der Waals surface area contributed by atoms with Gasteiger partial charge in [0.05, 0.1) is 12.6 Å². The van der Waals surface area contributed by atoms with Crippen LogP contribution in [0.2, 0.25) is 0 Å². The molecule has 2 N–H and O–H groups in total. The molecule has 1 aromatic rings. The molecule has 5 nitrogen and oxygen atoms in total. The summed E-state index contributed by atoms with van der Waals surface area (Å²) in [6, 6.07) is 5.93. The van der Waals surface area contributed by atoms with Gasteiger partial charge in [0.15, 0.2) is 0 Å². The summed E-state index contributed by atoms with van der Waals surface area (Å²) in [6.07, 6.45) is -0.498. The van der Waals surface area contributed by atoms with E-state index in [2.05, 4.69) is 15.4 Å². The third-order valence-electron chi connectivity index (χ3n) is 3.18. The van der Waals surface area contributed by atoms with E-state index >= 15 is 0 Å². The molecular weight excluding hydrogens is 318 g/mol. The molecule has 1 heterocycles. The van der Waals surface area contributed by atoms with Gasteiger partial charge in [-0.1, -0.05) is 12.1 Å².